The van der Waals surface area contributed by atoms with E-state index in [-0.39, 0.29) is 11.1 Å². The summed E-state index contributed by atoms with van der Waals surface area (Å²) in [5, 5.41) is 2.99. The minimum absolute atomic E-state index is 0.159. The lowest BCUT2D eigenvalue weighted by molar-refractivity contribution is 0.102. The molecule has 4 aromatic rings. The first kappa shape index (κ1) is 17.7. The van der Waals surface area contributed by atoms with Crippen LogP contribution in [0.2, 0.25) is 5.15 Å². The van der Waals surface area contributed by atoms with Crippen molar-refractivity contribution in [2.45, 2.75) is 0 Å². The number of rotatable bonds is 3. The molecule has 27 heavy (non-hydrogen) atoms. The van der Waals surface area contributed by atoms with Gasteiger partial charge in [-0.25, -0.2) is 9.97 Å². The Morgan fingerprint density at radius 1 is 1.15 bits per heavy atom. The standard InChI is InChI=1S/C20H14BrClN4O/c1-26-17-5-3-2-4-16(17)25-19(26)12-6-8-14(9-7-12)24-20(27)15-10-13(21)11-23-18(15)22/h2-11H,1H3,(H,24,27). The van der Waals surface area contributed by atoms with Crippen molar-refractivity contribution in [3.05, 3.63) is 76.0 Å². The van der Waals surface area contributed by atoms with Gasteiger partial charge in [0.2, 0.25) is 0 Å². The van der Waals surface area contributed by atoms with E-state index in [1.54, 1.807) is 12.3 Å². The molecule has 2 aromatic carbocycles. The van der Waals surface area contributed by atoms with E-state index in [9.17, 15) is 4.79 Å². The fraction of sp³-hybridized carbons (Fsp3) is 0.0500. The van der Waals surface area contributed by atoms with Crippen molar-refractivity contribution in [3.63, 3.8) is 0 Å². The summed E-state index contributed by atoms with van der Waals surface area (Å²) in [4.78, 5) is 21.1. The Balaban J connectivity index is 1.59. The van der Waals surface area contributed by atoms with Gasteiger partial charge in [0.1, 0.15) is 11.0 Å². The Labute approximate surface area is 169 Å². The second-order valence-electron chi connectivity index (χ2n) is 6.01. The zero-order chi connectivity index (χ0) is 19.0. The van der Waals surface area contributed by atoms with Crippen LogP contribution in [0.25, 0.3) is 22.4 Å². The number of amides is 1. The van der Waals surface area contributed by atoms with Gasteiger partial charge in [-0.05, 0) is 58.4 Å². The molecule has 5 nitrogen and oxygen atoms in total. The molecular weight excluding hydrogens is 428 g/mol. The summed E-state index contributed by atoms with van der Waals surface area (Å²) < 4.78 is 2.74. The second kappa shape index (κ2) is 7.13. The molecule has 0 spiro atoms. The quantitative estimate of drug-likeness (QED) is 0.439. The van der Waals surface area contributed by atoms with Crippen LogP contribution in [0.3, 0.4) is 0 Å². The van der Waals surface area contributed by atoms with Crippen LogP contribution in [0.1, 0.15) is 10.4 Å². The number of imidazole rings is 1. The Morgan fingerprint density at radius 3 is 2.63 bits per heavy atom. The number of anilines is 1. The fourth-order valence-corrected chi connectivity index (χ4v) is 3.41. The van der Waals surface area contributed by atoms with Crippen molar-refractivity contribution in [2.75, 3.05) is 5.32 Å². The number of aromatic nitrogens is 3. The van der Waals surface area contributed by atoms with Crippen LogP contribution in [0.4, 0.5) is 5.69 Å². The minimum Gasteiger partial charge on any atom is -0.327 e. The molecule has 4 rings (SSSR count). The van der Waals surface area contributed by atoms with Gasteiger partial charge >= 0.3 is 0 Å². The monoisotopic (exact) mass is 440 g/mol. The van der Waals surface area contributed by atoms with Crippen molar-refractivity contribution in [2.24, 2.45) is 7.05 Å². The highest BCUT2D eigenvalue weighted by atomic mass is 79.9. The summed E-state index contributed by atoms with van der Waals surface area (Å²) in [6.07, 6.45) is 1.55. The van der Waals surface area contributed by atoms with Crippen LogP contribution in [-0.2, 0) is 7.05 Å². The molecule has 0 aliphatic heterocycles. The first-order chi connectivity index (χ1) is 13.0. The molecule has 0 atom stereocenters. The average molecular weight is 442 g/mol. The van der Waals surface area contributed by atoms with Gasteiger partial charge in [0.05, 0.1) is 16.6 Å². The van der Waals surface area contributed by atoms with Crippen molar-refractivity contribution >= 4 is 50.2 Å². The normalized spacial score (nSPS) is 10.9. The number of carbonyl (C=O) groups is 1. The topological polar surface area (TPSA) is 59.8 Å². The molecular formula is C20H14BrClN4O. The predicted molar refractivity (Wildman–Crippen MR) is 111 cm³/mol. The molecule has 0 saturated carbocycles. The Hall–Kier alpha value is -2.70. The SMILES string of the molecule is Cn1c(-c2ccc(NC(=O)c3cc(Br)cnc3Cl)cc2)nc2ccccc21. The number of fused-ring (bicyclic) bond motifs is 1. The van der Waals surface area contributed by atoms with Gasteiger partial charge in [-0.2, -0.15) is 0 Å². The molecule has 1 amide bonds. The first-order valence-electron chi connectivity index (χ1n) is 8.17. The maximum atomic E-state index is 12.4. The number of carbonyl (C=O) groups excluding carboxylic acids is 1. The molecule has 0 aliphatic rings. The largest absolute Gasteiger partial charge is 0.327 e. The fourth-order valence-electron chi connectivity index (χ4n) is 2.89. The van der Waals surface area contributed by atoms with E-state index in [1.165, 1.54) is 0 Å². The van der Waals surface area contributed by atoms with Crippen LogP contribution in [0, 0.1) is 0 Å². The third-order valence-corrected chi connectivity index (χ3v) is 4.97. The summed E-state index contributed by atoms with van der Waals surface area (Å²) in [7, 11) is 1.99. The van der Waals surface area contributed by atoms with Gasteiger partial charge in [-0.15, -0.1) is 0 Å². The number of nitrogens with one attached hydrogen (secondary N) is 1. The third kappa shape index (κ3) is 3.46. The van der Waals surface area contributed by atoms with Crippen LogP contribution in [0.5, 0.6) is 0 Å². The summed E-state index contributed by atoms with van der Waals surface area (Å²) in [6, 6.07) is 17.2. The lowest BCUT2D eigenvalue weighted by Crippen LogP contribution is -2.13. The minimum atomic E-state index is -0.315. The van der Waals surface area contributed by atoms with Crippen molar-refractivity contribution in [3.8, 4) is 11.4 Å². The number of pyridine rings is 1. The molecule has 0 aliphatic carbocycles. The highest BCUT2D eigenvalue weighted by molar-refractivity contribution is 9.10. The maximum Gasteiger partial charge on any atom is 0.258 e. The predicted octanol–water partition coefficient (Wildman–Crippen LogP) is 5.30. The number of para-hydroxylation sites is 2. The molecule has 7 heteroatoms. The van der Waals surface area contributed by atoms with Crippen LogP contribution in [0.15, 0.2) is 65.3 Å². The summed E-state index contributed by atoms with van der Waals surface area (Å²) >= 11 is 9.31. The van der Waals surface area contributed by atoms with Crippen molar-refractivity contribution in [1.29, 1.82) is 0 Å². The maximum absolute atomic E-state index is 12.4. The molecule has 134 valence electrons. The molecule has 0 unspecified atom stereocenters. The lowest BCUT2D eigenvalue weighted by Gasteiger charge is -2.08. The Bertz CT molecular complexity index is 1150. The van der Waals surface area contributed by atoms with E-state index >= 15 is 0 Å². The Morgan fingerprint density at radius 2 is 1.89 bits per heavy atom. The van der Waals surface area contributed by atoms with E-state index in [0.29, 0.717) is 15.7 Å². The number of hydrogen-bond donors (Lipinski definition) is 1. The molecule has 0 fully saturated rings. The Kier molecular flexibility index (Phi) is 4.68. The number of aryl methyl sites for hydroxylation is 1. The van der Waals surface area contributed by atoms with Crippen molar-refractivity contribution < 1.29 is 4.79 Å². The molecule has 0 saturated heterocycles. The van der Waals surface area contributed by atoms with Crippen LogP contribution < -0.4 is 5.32 Å². The highest BCUT2D eigenvalue weighted by Gasteiger charge is 2.13. The number of nitrogens with zero attached hydrogens (tertiary/aromatic N) is 3. The van der Waals surface area contributed by atoms with E-state index in [4.69, 9.17) is 11.6 Å². The first-order valence-corrected chi connectivity index (χ1v) is 9.34. The van der Waals surface area contributed by atoms with Gasteiger partial charge in [-0.3, -0.25) is 4.79 Å². The van der Waals surface area contributed by atoms with Gasteiger partial charge in [0, 0.05) is 29.0 Å². The molecule has 0 bridgehead atoms. The van der Waals surface area contributed by atoms with Gasteiger partial charge < -0.3 is 9.88 Å². The summed E-state index contributed by atoms with van der Waals surface area (Å²) in [5.41, 5.74) is 3.96. The number of halogens is 2. The van der Waals surface area contributed by atoms with Gasteiger partial charge in [0.15, 0.2) is 0 Å². The van der Waals surface area contributed by atoms with Crippen molar-refractivity contribution in [1.82, 2.24) is 14.5 Å². The zero-order valence-electron chi connectivity index (χ0n) is 14.3. The highest BCUT2D eigenvalue weighted by Crippen LogP contribution is 2.25. The average Bonchev–Trinajstić information content (AvgIpc) is 3.01. The second-order valence-corrected chi connectivity index (χ2v) is 7.28. The van der Waals surface area contributed by atoms with Gasteiger partial charge in [0.25, 0.3) is 5.91 Å². The molecule has 0 radical (unpaired) electrons. The van der Waals surface area contributed by atoms with E-state index in [2.05, 4.69) is 35.8 Å². The lowest BCUT2D eigenvalue weighted by atomic mass is 10.2. The van der Waals surface area contributed by atoms with E-state index < -0.39 is 0 Å². The van der Waals surface area contributed by atoms with E-state index in [0.717, 1.165) is 22.4 Å². The molecule has 2 heterocycles. The molecule has 2 aromatic heterocycles. The van der Waals surface area contributed by atoms with Crippen LogP contribution in [-0.4, -0.2) is 20.4 Å². The number of hydrogen-bond acceptors (Lipinski definition) is 3. The summed E-state index contributed by atoms with van der Waals surface area (Å²) in [6.45, 7) is 0. The van der Waals surface area contributed by atoms with Gasteiger partial charge in [-0.1, -0.05) is 23.7 Å². The van der Waals surface area contributed by atoms with Crippen LogP contribution >= 0.6 is 27.5 Å². The molecule has 1 N–H and O–H groups in total. The zero-order valence-corrected chi connectivity index (χ0v) is 16.6. The summed E-state index contributed by atoms with van der Waals surface area (Å²) in [5.74, 6) is 0.553. The smallest absolute Gasteiger partial charge is 0.258 e. The van der Waals surface area contributed by atoms with E-state index in [1.807, 2.05) is 55.6 Å². The third-order valence-electron chi connectivity index (χ3n) is 4.24. The number of benzene rings is 2.